The summed E-state index contributed by atoms with van der Waals surface area (Å²) in [5.41, 5.74) is 6.76. The Bertz CT molecular complexity index is 402. The molecule has 0 aliphatic carbocycles. The van der Waals surface area contributed by atoms with Gasteiger partial charge in [-0.05, 0) is 6.42 Å². The van der Waals surface area contributed by atoms with Crippen LogP contribution in [0, 0.1) is 5.82 Å². The molecule has 1 aromatic carbocycles. The molecule has 3 N–H and O–H groups in total. The van der Waals surface area contributed by atoms with E-state index in [9.17, 15) is 4.39 Å². The van der Waals surface area contributed by atoms with Gasteiger partial charge in [-0.3, -0.25) is 0 Å². The van der Waals surface area contributed by atoms with E-state index in [1.54, 1.807) is 13.2 Å². The Labute approximate surface area is 119 Å². The molecule has 6 heteroatoms. The van der Waals surface area contributed by atoms with E-state index in [0.29, 0.717) is 44.3 Å². The summed E-state index contributed by atoms with van der Waals surface area (Å²) >= 11 is 0. The van der Waals surface area contributed by atoms with Crippen molar-refractivity contribution in [2.45, 2.75) is 13.3 Å². The second-order valence-corrected chi connectivity index (χ2v) is 4.25. The number of nitrogens with one attached hydrogen (secondary N) is 1. The maximum atomic E-state index is 13.6. The SMILES string of the molecule is CCCOc1cc(NCCOCCOC)c(N)cc1F. The van der Waals surface area contributed by atoms with Crippen molar-refractivity contribution in [1.82, 2.24) is 0 Å². The molecule has 0 amide bonds. The van der Waals surface area contributed by atoms with Gasteiger partial charge in [-0.1, -0.05) is 6.92 Å². The van der Waals surface area contributed by atoms with Gasteiger partial charge in [-0.15, -0.1) is 0 Å². The fraction of sp³-hybridized carbons (Fsp3) is 0.571. The second kappa shape index (κ2) is 9.39. The number of nitrogens with two attached hydrogens (primary N) is 1. The van der Waals surface area contributed by atoms with Gasteiger partial charge < -0.3 is 25.3 Å². The molecule has 0 bridgehead atoms. The van der Waals surface area contributed by atoms with E-state index < -0.39 is 5.82 Å². The number of anilines is 2. The normalized spacial score (nSPS) is 10.6. The van der Waals surface area contributed by atoms with Crippen molar-refractivity contribution in [3.63, 3.8) is 0 Å². The topological polar surface area (TPSA) is 65.7 Å². The lowest BCUT2D eigenvalue weighted by molar-refractivity contribution is 0.0759. The summed E-state index contributed by atoms with van der Waals surface area (Å²) in [6, 6.07) is 2.84. The highest BCUT2D eigenvalue weighted by Gasteiger charge is 2.08. The Morgan fingerprint density at radius 2 is 2.00 bits per heavy atom. The Morgan fingerprint density at radius 1 is 1.20 bits per heavy atom. The molecule has 0 spiro atoms. The number of nitrogen functional groups attached to an aromatic ring is 1. The maximum Gasteiger partial charge on any atom is 0.167 e. The number of ether oxygens (including phenoxy) is 3. The summed E-state index contributed by atoms with van der Waals surface area (Å²) in [6.07, 6.45) is 0.819. The lowest BCUT2D eigenvalue weighted by Crippen LogP contribution is -2.13. The van der Waals surface area contributed by atoms with E-state index in [-0.39, 0.29) is 5.75 Å². The fourth-order valence-corrected chi connectivity index (χ4v) is 1.55. The van der Waals surface area contributed by atoms with Crippen LogP contribution in [0.5, 0.6) is 5.75 Å². The minimum Gasteiger partial charge on any atom is -0.490 e. The highest BCUT2D eigenvalue weighted by atomic mass is 19.1. The van der Waals surface area contributed by atoms with Crippen LogP contribution in [0.1, 0.15) is 13.3 Å². The van der Waals surface area contributed by atoms with E-state index in [1.807, 2.05) is 6.92 Å². The van der Waals surface area contributed by atoms with Crippen LogP contribution in [0.25, 0.3) is 0 Å². The Hall–Kier alpha value is -1.53. The van der Waals surface area contributed by atoms with Crippen LogP contribution in [0.15, 0.2) is 12.1 Å². The standard InChI is InChI=1S/C14H23FN2O3/c1-3-5-20-14-10-13(12(16)9-11(14)15)17-4-6-19-8-7-18-2/h9-10,17H,3-8,16H2,1-2H3. The first-order chi connectivity index (χ1) is 9.69. The van der Waals surface area contributed by atoms with Gasteiger partial charge in [0.05, 0.1) is 37.8 Å². The number of hydrogen-bond donors (Lipinski definition) is 2. The molecule has 20 heavy (non-hydrogen) atoms. The molecule has 0 radical (unpaired) electrons. The first-order valence-corrected chi connectivity index (χ1v) is 6.71. The van der Waals surface area contributed by atoms with Gasteiger partial charge >= 0.3 is 0 Å². The summed E-state index contributed by atoms with van der Waals surface area (Å²) in [5.74, 6) is -0.235. The molecular formula is C14H23FN2O3. The van der Waals surface area contributed by atoms with Gasteiger partial charge in [-0.2, -0.15) is 0 Å². The maximum absolute atomic E-state index is 13.6. The smallest absolute Gasteiger partial charge is 0.167 e. The van der Waals surface area contributed by atoms with Gasteiger partial charge in [0, 0.05) is 25.8 Å². The van der Waals surface area contributed by atoms with Gasteiger partial charge in [0.1, 0.15) is 0 Å². The van der Waals surface area contributed by atoms with Crippen molar-refractivity contribution in [3.05, 3.63) is 17.9 Å². The molecule has 0 aliphatic heterocycles. The van der Waals surface area contributed by atoms with Gasteiger partial charge in [0.15, 0.2) is 11.6 Å². The summed E-state index contributed by atoms with van der Waals surface area (Å²) in [6.45, 7) is 4.64. The van der Waals surface area contributed by atoms with Crippen LogP contribution in [0.4, 0.5) is 15.8 Å². The first kappa shape index (κ1) is 16.5. The highest BCUT2D eigenvalue weighted by molar-refractivity contribution is 5.68. The Kier molecular flexibility index (Phi) is 7.75. The number of methoxy groups -OCH3 is 1. The fourth-order valence-electron chi connectivity index (χ4n) is 1.55. The molecular weight excluding hydrogens is 263 g/mol. The van der Waals surface area contributed by atoms with E-state index in [0.717, 1.165) is 6.42 Å². The molecule has 5 nitrogen and oxygen atoms in total. The van der Waals surface area contributed by atoms with Crippen molar-refractivity contribution < 1.29 is 18.6 Å². The summed E-state index contributed by atoms with van der Waals surface area (Å²) < 4.78 is 29.1. The molecule has 0 atom stereocenters. The highest BCUT2D eigenvalue weighted by Crippen LogP contribution is 2.28. The summed E-state index contributed by atoms with van der Waals surface area (Å²) in [7, 11) is 1.62. The largest absolute Gasteiger partial charge is 0.490 e. The van der Waals surface area contributed by atoms with Crippen molar-refractivity contribution in [1.29, 1.82) is 0 Å². The zero-order chi connectivity index (χ0) is 14.8. The molecule has 0 aliphatic rings. The molecule has 0 saturated carbocycles. The van der Waals surface area contributed by atoms with Gasteiger partial charge in [0.25, 0.3) is 0 Å². The van der Waals surface area contributed by atoms with Crippen LogP contribution < -0.4 is 15.8 Å². The first-order valence-electron chi connectivity index (χ1n) is 6.71. The van der Waals surface area contributed by atoms with Crippen LogP contribution >= 0.6 is 0 Å². The molecule has 1 aromatic rings. The van der Waals surface area contributed by atoms with Crippen LogP contribution in [-0.4, -0.2) is 40.1 Å². The van der Waals surface area contributed by atoms with E-state index in [1.165, 1.54) is 6.07 Å². The van der Waals surface area contributed by atoms with E-state index in [4.69, 9.17) is 19.9 Å². The molecule has 0 aromatic heterocycles. The molecule has 1 rings (SSSR count). The molecule has 0 fully saturated rings. The predicted octanol–water partition coefficient (Wildman–Crippen LogP) is 2.27. The lowest BCUT2D eigenvalue weighted by Gasteiger charge is -2.13. The van der Waals surface area contributed by atoms with Gasteiger partial charge in [0.2, 0.25) is 0 Å². The van der Waals surface area contributed by atoms with Crippen molar-refractivity contribution in [2.75, 3.05) is 51.1 Å². The average Bonchev–Trinajstić information content (AvgIpc) is 2.43. The third-order valence-corrected chi connectivity index (χ3v) is 2.56. The Balaban J connectivity index is 2.47. The van der Waals surface area contributed by atoms with E-state index >= 15 is 0 Å². The predicted molar refractivity (Wildman–Crippen MR) is 77.8 cm³/mol. The zero-order valence-corrected chi connectivity index (χ0v) is 12.1. The summed E-state index contributed by atoms with van der Waals surface area (Å²) in [5, 5.41) is 3.10. The lowest BCUT2D eigenvalue weighted by atomic mass is 10.2. The third-order valence-electron chi connectivity index (χ3n) is 2.56. The zero-order valence-electron chi connectivity index (χ0n) is 12.1. The minimum absolute atomic E-state index is 0.212. The molecule has 0 unspecified atom stereocenters. The van der Waals surface area contributed by atoms with Crippen molar-refractivity contribution in [3.8, 4) is 5.75 Å². The van der Waals surface area contributed by atoms with Crippen molar-refractivity contribution >= 4 is 11.4 Å². The Morgan fingerprint density at radius 3 is 2.70 bits per heavy atom. The molecule has 0 saturated heterocycles. The second-order valence-electron chi connectivity index (χ2n) is 4.25. The number of rotatable bonds is 10. The van der Waals surface area contributed by atoms with Crippen LogP contribution in [0.2, 0.25) is 0 Å². The van der Waals surface area contributed by atoms with Crippen LogP contribution in [-0.2, 0) is 9.47 Å². The van der Waals surface area contributed by atoms with Crippen LogP contribution in [0.3, 0.4) is 0 Å². The minimum atomic E-state index is -0.446. The van der Waals surface area contributed by atoms with E-state index in [2.05, 4.69) is 5.32 Å². The number of hydrogen-bond acceptors (Lipinski definition) is 5. The van der Waals surface area contributed by atoms with Crippen molar-refractivity contribution in [2.24, 2.45) is 0 Å². The molecule has 114 valence electrons. The molecule has 0 heterocycles. The number of benzene rings is 1. The quantitative estimate of drug-likeness (QED) is 0.510. The third kappa shape index (κ3) is 5.63. The monoisotopic (exact) mass is 286 g/mol. The summed E-state index contributed by atoms with van der Waals surface area (Å²) in [4.78, 5) is 0. The number of halogens is 1. The van der Waals surface area contributed by atoms with Gasteiger partial charge in [-0.25, -0.2) is 4.39 Å². The average molecular weight is 286 g/mol.